The number of rotatable bonds is 2. The standard InChI is InChI=1S/C7H10F2O3/c1-3-6(8)7(9,4-2)12-5(10)11-6/h3-4H2,1-2H3/t6-,7-/m0/s1. The molecule has 0 saturated carbocycles. The summed E-state index contributed by atoms with van der Waals surface area (Å²) in [6, 6.07) is 0. The molecule has 1 rings (SSSR count). The van der Waals surface area contributed by atoms with Gasteiger partial charge in [-0.1, -0.05) is 13.8 Å². The van der Waals surface area contributed by atoms with Crippen molar-refractivity contribution in [1.82, 2.24) is 0 Å². The smallest absolute Gasteiger partial charge is 0.389 e. The Morgan fingerprint density at radius 3 is 1.75 bits per heavy atom. The van der Waals surface area contributed by atoms with Crippen molar-refractivity contribution in [3.63, 3.8) is 0 Å². The van der Waals surface area contributed by atoms with Gasteiger partial charge in [0.15, 0.2) is 0 Å². The summed E-state index contributed by atoms with van der Waals surface area (Å²) in [5, 5.41) is 0. The van der Waals surface area contributed by atoms with E-state index in [1.165, 1.54) is 13.8 Å². The number of hydrogen-bond acceptors (Lipinski definition) is 3. The summed E-state index contributed by atoms with van der Waals surface area (Å²) in [4.78, 5) is 10.5. The minimum absolute atomic E-state index is 0.261. The van der Waals surface area contributed by atoms with Gasteiger partial charge < -0.3 is 9.47 Å². The van der Waals surface area contributed by atoms with E-state index in [2.05, 4.69) is 9.47 Å². The fraction of sp³-hybridized carbons (Fsp3) is 0.857. The summed E-state index contributed by atoms with van der Waals surface area (Å²) < 4.78 is 35.0. The van der Waals surface area contributed by atoms with Gasteiger partial charge in [-0.3, -0.25) is 0 Å². The number of carbonyl (C=O) groups is 1. The molecule has 0 unspecified atom stereocenters. The third kappa shape index (κ3) is 1.04. The van der Waals surface area contributed by atoms with Gasteiger partial charge in [-0.2, -0.15) is 8.78 Å². The van der Waals surface area contributed by atoms with Crippen molar-refractivity contribution in [2.75, 3.05) is 0 Å². The molecule has 0 aliphatic carbocycles. The van der Waals surface area contributed by atoms with Crippen LogP contribution in [0.3, 0.4) is 0 Å². The first-order valence-electron chi connectivity index (χ1n) is 3.77. The zero-order valence-corrected chi connectivity index (χ0v) is 6.89. The van der Waals surface area contributed by atoms with Crippen molar-refractivity contribution in [1.29, 1.82) is 0 Å². The van der Waals surface area contributed by atoms with E-state index < -0.39 is 17.9 Å². The molecule has 0 aromatic carbocycles. The molecule has 0 amide bonds. The number of carbonyl (C=O) groups excluding carboxylic acids is 1. The van der Waals surface area contributed by atoms with Gasteiger partial charge in [0.1, 0.15) is 0 Å². The number of cyclic esters (lactones) is 2. The normalized spacial score (nSPS) is 40.8. The molecule has 1 saturated heterocycles. The van der Waals surface area contributed by atoms with Gasteiger partial charge >= 0.3 is 17.9 Å². The lowest BCUT2D eigenvalue weighted by molar-refractivity contribution is -0.216. The average molecular weight is 180 g/mol. The minimum atomic E-state index is -2.63. The molecule has 1 aliphatic rings. The monoisotopic (exact) mass is 180 g/mol. The Kier molecular flexibility index (Phi) is 1.97. The van der Waals surface area contributed by atoms with Crippen LogP contribution in [0, 0.1) is 0 Å². The van der Waals surface area contributed by atoms with Crippen LogP contribution in [0.25, 0.3) is 0 Å². The first-order valence-corrected chi connectivity index (χ1v) is 3.77. The molecule has 0 radical (unpaired) electrons. The molecule has 2 atom stereocenters. The number of alkyl halides is 2. The maximum Gasteiger partial charge on any atom is 0.514 e. The van der Waals surface area contributed by atoms with E-state index in [0.29, 0.717) is 0 Å². The van der Waals surface area contributed by atoms with Crippen LogP contribution in [0.5, 0.6) is 0 Å². The Morgan fingerprint density at radius 2 is 1.50 bits per heavy atom. The van der Waals surface area contributed by atoms with Crippen molar-refractivity contribution in [3.8, 4) is 0 Å². The van der Waals surface area contributed by atoms with Crippen molar-refractivity contribution in [2.24, 2.45) is 0 Å². The quantitative estimate of drug-likeness (QED) is 0.611. The Morgan fingerprint density at radius 1 is 1.17 bits per heavy atom. The van der Waals surface area contributed by atoms with Crippen LogP contribution in [0.15, 0.2) is 0 Å². The average Bonchev–Trinajstić information content (AvgIpc) is 2.25. The maximum atomic E-state index is 13.4. The van der Waals surface area contributed by atoms with Crippen LogP contribution in [-0.4, -0.2) is 17.9 Å². The second kappa shape index (κ2) is 2.57. The molecule has 0 aromatic heterocycles. The highest BCUT2D eigenvalue weighted by Gasteiger charge is 2.63. The predicted octanol–water partition coefficient (Wildman–Crippen LogP) is 2.30. The highest BCUT2D eigenvalue weighted by molar-refractivity contribution is 5.63. The van der Waals surface area contributed by atoms with E-state index in [4.69, 9.17) is 0 Å². The van der Waals surface area contributed by atoms with E-state index >= 15 is 0 Å². The van der Waals surface area contributed by atoms with Crippen molar-refractivity contribution in [2.45, 2.75) is 38.4 Å². The van der Waals surface area contributed by atoms with Gasteiger partial charge in [-0.25, -0.2) is 4.79 Å². The van der Waals surface area contributed by atoms with E-state index in [-0.39, 0.29) is 12.8 Å². The van der Waals surface area contributed by atoms with Gasteiger partial charge in [0, 0.05) is 12.8 Å². The van der Waals surface area contributed by atoms with Gasteiger partial charge in [0.2, 0.25) is 0 Å². The van der Waals surface area contributed by atoms with Crippen molar-refractivity contribution in [3.05, 3.63) is 0 Å². The molecule has 70 valence electrons. The Balaban J connectivity index is 2.93. The molecule has 1 heterocycles. The molecule has 3 nitrogen and oxygen atoms in total. The lowest BCUT2D eigenvalue weighted by Crippen LogP contribution is -2.43. The van der Waals surface area contributed by atoms with Crippen molar-refractivity contribution < 1.29 is 23.0 Å². The van der Waals surface area contributed by atoms with E-state index in [0.717, 1.165) is 0 Å². The van der Waals surface area contributed by atoms with Crippen LogP contribution in [0.2, 0.25) is 0 Å². The van der Waals surface area contributed by atoms with Gasteiger partial charge in [0.25, 0.3) is 0 Å². The highest BCUT2D eigenvalue weighted by Crippen LogP contribution is 2.44. The lowest BCUT2D eigenvalue weighted by Gasteiger charge is -2.25. The molecule has 0 bridgehead atoms. The van der Waals surface area contributed by atoms with E-state index in [1.807, 2.05) is 0 Å². The lowest BCUT2D eigenvalue weighted by atomic mass is 10.0. The SMILES string of the molecule is CC[C@]1(F)OC(=O)O[C@@]1(F)CC. The van der Waals surface area contributed by atoms with Crippen LogP contribution >= 0.6 is 0 Å². The molecule has 1 fully saturated rings. The third-order valence-electron chi connectivity index (χ3n) is 1.96. The molecular formula is C7H10F2O3. The molecule has 0 N–H and O–H groups in total. The van der Waals surface area contributed by atoms with E-state index in [1.54, 1.807) is 0 Å². The van der Waals surface area contributed by atoms with Gasteiger partial charge in [-0.15, -0.1) is 0 Å². The minimum Gasteiger partial charge on any atom is -0.389 e. The maximum absolute atomic E-state index is 13.4. The van der Waals surface area contributed by atoms with Crippen LogP contribution < -0.4 is 0 Å². The Hall–Kier alpha value is -0.870. The molecule has 0 aromatic rings. The van der Waals surface area contributed by atoms with Gasteiger partial charge in [-0.05, 0) is 0 Å². The van der Waals surface area contributed by atoms with Crippen LogP contribution in [-0.2, 0) is 9.47 Å². The molecule has 12 heavy (non-hydrogen) atoms. The summed E-state index contributed by atoms with van der Waals surface area (Å²) in [5.41, 5.74) is 0. The van der Waals surface area contributed by atoms with E-state index in [9.17, 15) is 13.6 Å². The van der Waals surface area contributed by atoms with Crippen LogP contribution in [0.1, 0.15) is 26.7 Å². The zero-order valence-electron chi connectivity index (χ0n) is 6.89. The summed E-state index contributed by atoms with van der Waals surface area (Å²) in [7, 11) is 0. The van der Waals surface area contributed by atoms with Crippen LogP contribution in [0.4, 0.5) is 13.6 Å². The first kappa shape index (κ1) is 9.22. The summed E-state index contributed by atoms with van der Waals surface area (Å²) in [5.74, 6) is -5.25. The Bertz CT molecular complexity index is 189. The fourth-order valence-electron chi connectivity index (χ4n) is 1.11. The third-order valence-corrected chi connectivity index (χ3v) is 1.96. The Labute approximate surface area is 68.6 Å². The highest BCUT2D eigenvalue weighted by atomic mass is 19.2. The fourth-order valence-corrected chi connectivity index (χ4v) is 1.11. The topological polar surface area (TPSA) is 35.5 Å². The summed E-state index contributed by atoms with van der Waals surface area (Å²) in [6.45, 7) is 2.76. The largest absolute Gasteiger partial charge is 0.514 e. The number of hydrogen-bond donors (Lipinski definition) is 0. The zero-order chi connectivity index (χ0) is 9.41. The molecule has 1 aliphatic heterocycles. The van der Waals surface area contributed by atoms with Gasteiger partial charge in [0.05, 0.1) is 0 Å². The number of ether oxygens (including phenoxy) is 2. The summed E-state index contributed by atoms with van der Waals surface area (Å²) in [6.07, 6.45) is -1.81. The molecular weight excluding hydrogens is 170 g/mol. The number of halogens is 2. The molecule has 5 heteroatoms. The summed E-state index contributed by atoms with van der Waals surface area (Å²) >= 11 is 0. The first-order chi connectivity index (χ1) is 5.47. The molecule has 0 spiro atoms. The van der Waals surface area contributed by atoms with Crippen molar-refractivity contribution >= 4 is 6.16 Å². The predicted molar refractivity (Wildman–Crippen MR) is 35.8 cm³/mol. The second-order valence-corrected chi connectivity index (χ2v) is 2.62. The second-order valence-electron chi connectivity index (χ2n) is 2.62.